The molecule has 0 aliphatic heterocycles. The third-order valence-corrected chi connectivity index (χ3v) is 3.20. The zero-order valence-corrected chi connectivity index (χ0v) is 12.8. The lowest BCUT2D eigenvalue weighted by Crippen LogP contribution is -2.18. The van der Waals surface area contributed by atoms with E-state index in [1.807, 2.05) is 0 Å². The van der Waals surface area contributed by atoms with Crippen LogP contribution < -0.4 is 10.2 Å². The number of ether oxygens (including phenoxy) is 1. The number of para-hydroxylation sites is 1. The Morgan fingerprint density at radius 2 is 2.10 bits per heavy atom. The topological polar surface area (TPSA) is 70.9 Å². The van der Waals surface area contributed by atoms with Crippen LogP contribution in [0.5, 0.6) is 11.5 Å². The average molecular weight is 349 g/mol. The number of aromatic hydroxyl groups is 1. The second kappa shape index (κ2) is 6.90. The molecule has 0 fully saturated rings. The number of hydrazone groups is 1. The third kappa shape index (κ3) is 3.82. The second-order valence-corrected chi connectivity index (χ2v) is 5.02. The van der Waals surface area contributed by atoms with Crippen molar-refractivity contribution < 1.29 is 14.6 Å². The van der Waals surface area contributed by atoms with Gasteiger partial charge in [0, 0.05) is 10.0 Å². The maximum absolute atomic E-state index is 12.0. The van der Waals surface area contributed by atoms with Gasteiger partial charge in [-0.05, 0) is 30.3 Å². The third-order valence-electron chi connectivity index (χ3n) is 2.71. The minimum absolute atomic E-state index is 0.0773. The fourth-order valence-corrected chi connectivity index (χ4v) is 2.06. The summed E-state index contributed by atoms with van der Waals surface area (Å²) in [7, 11) is 1.49. The van der Waals surface area contributed by atoms with Crippen molar-refractivity contribution in [3.05, 3.63) is 58.1 Å². The molecule has 0 spiro atoms. The van der Waals surface area contributed by atoms with Crippen LogP contribution in [-0.4, -0.2) is 24.3 Å². The summed E-state index contributed by atoms with van der Waals surface area (Å²) in [5, 5.41) is 13.5. The molecule has 0 saturated heterocycles. The first-order chi connectivity index (χ1) is 10.1. The molecule has 0 aliphatic rings. The van der Waals surface area contributed by atoms with E-state index in [1.54, 1.807) is 36.4 Å². The maximum atomic E-state index is 12.0. The quantitative estimate of drug-likeness (QED) is 0.659. The van der Waals surface area contributed by atoms with Crippen molar-refractivity contribution in [1.82, 2.24) is 5.43 Å². The SMILES string of the molecule is COc1ccccc1C(=O)N/N=C\c1cc(Br)ccc1O. The molecule has 2 rings (SSSR count). The van der Waals surface area contributed by atoms with E-state index in [9.17, 15) is 9.90 Å². The lowest BCUT2D eigenvalue weighted by molar-refractivity contribution is 0.0952. The van der Waals surface area contributed by atoms with Gasteiger partial charge in [-0.3, -0.25) is 4.79 Å². The van der Waals surface area contributed by atoms with Gasteiger partial charge < -0.3 is 9.84 Å². The monoisotopic (exact) mass is 348 g/mol. The van der Waals surface area contributed by atoms with Crippen molar-refractivity contribution in [2.45, 2.75) is 0 Å². The van der Waals surface area contributed by atoms with E-state index in [0.717, 1.165) is 4.47 Å². The molecule has 1 amide bonds. The van der Waals surface area contributed by atoms with Gasteiger partial charge in [-0.1, -0.05) is 28.1 Å². The van der Waals surface area contributed by atoms with Gasteiger partial charge in [-0.15, -0.1) is 0 Å². The number of halogens is 1. The van der Waals surface area contributed by atoms with Crippen LogP contribution in [-0.2, 0) is 0 Å². The summed E-state index contributed by atoms with van der Waals surface area (Å²) in [6, 6.07) is 11.8. The van der Waals surface area contributed by atoms with Crippen LogP contribution in [0.15, 0.2) is 52.0 Å². The van der Waals surface area contributed by atoms with Gasteiger partial charge >= 0.3 is 0 Å². The van der Waals surface area contributed by atoms with Crippen LogP contribution in [0.25, 0.3) is 0 Å². The Kier molecular flexibility index (Phi) is 4.94. The molecule has 2 N–H and O–H groups in total. The number of amides is 1. The van der Waals surface area contributed by atoms with Crippen molar-refractivity contribution in [3.8, 4) is 11.5 Å². The van der Waals surface area contributed by atoms with E-state index in [4.69, 9.17) is 4.74 Å². The van der Waals surface area contributed by atoms with E-state index in [2.05, 4.69) is 26.5 Å². The number of phenolic OH excluding ortho intramolecular Hbond substituents is 1. The number of nitrogens with one attached hydrogen (secondary N) is 1. The zero-order valence-electron chi connectivity index (χ0n) is 11.2. The van der Waals surface area contributed by atoms with Crippen LogP contribution in [0.2, 0.25) is 0 Å². The molecule has 0 bridgehead atoms. The van der Waals surface area contributed by atoms with Crippen LogP contribution in [0.1, 0.15) is 15.9 Å². The summed E-state index contributed by atoms with van der Waals surface area (Å²) in [5.41, 5.74) is 3.27. The number of carbonyl (C=O) groups excluding carboxylic acids is 1. The van der Waals surface area contributed by atoms with Gasteiger partial charge in [0.25, 0.3) is 5.91 Å². The predicted octanol–water partition coefficient (Wildman–Crippen LogP) is 2.93. The van der Waals surface area contributed by atoms with Crippen molar-refractivity contribution in [3.63, 3.8) is 0 Å². The van der Waals surface area contributed by atoms with Gasteiger partial charge in [-0.2, -0.15) is 5.10 Å². The highest BCUT2D eigenvalue weighted by Crippen LogP contribution is 2.20. The van der Waals surface area contributed by atoms with Gasteiger partial charge in [0.2, 0.25) is 0 Å². The van der Waals surface area contributed by atoms with E-state index in [0.29, 0.717) is 16.9 Å². The molecule has 108 valence electrons. The largest absolute Gasteiger partial charge is 0.507 e. The number of benzene rings is 2. The minimum atomic E-state index is -0.391. The van der Waals surface area contributed by atoms with Crippen LogP contribution in [0.3, 0.4) is 0 Å². The summed E-state index contributed by atoms with van der Waals surface area (Å²) in [6.45, 7) is 0. The Bertz CT molecular complexity index is 686. The lowest BCUT2D eigenvalue weighted by Gasteiger charge is -2.06. The molecule has 0 atom stereocenters. The molecule has 0 radical (unpaired) electrons. The molecule has 0 saturated carbocycles. The molecule has 5 nitrogen and oxygen atoms in total. The molecule has 0 unspecified atom stereocenters. The lowest BCUT2D eigenvalue weighted by atomic mass is 10.2. The first-order valence-corrected chi connectivity index (χ1v) is 6.86. The van der Waals surface area contributed by atoms with Crippen LogP contribution >= 0.6 is 15.9 Å². The number of hydrogen-bond donors (Lipinski definition) is 2. The van der Waals surface area contributed by atoms with Gasteiger partial charge in [0.05, 0.1) is 18.9 Å². The Balaban J connectivity index is 2.10. The van der Waals surface area contributed by atoms with Gasteiger partial charge in [-0.25, -0.2) is 5.43 Å². The summed E-state index contributed by atoms with van der Waals surface area (Å²) < 4.78 is 5.91. The first kappa shape index (κ1) is 15.1. The van der Waals surface area contributed by atoms with E-state index >= 15 is 0 Å². The van der Waals surface area contributed by atoms with Crippen molar-refractivity contribution >= 4 is 28.1 Å². The summed E-state index contributed by atoms with van der Waals surface area (Å²) in [4.78, 5) is 12.0. The molecule has 0 heterocycles. The summed E-state index contributed by atoms with van der Waals surface area (Å²) in [6.07, 6.45) is 1.37. The van der Waals surface area contributed by atoms with Crippen LogP contribution in [0.4, 0.5) is 0 Å². The number of phenols is 1. The Labute approximate surface area is 130 Å². The molecular weight excluding hydrogens is 336 g/mol. The predicted molar refractivity (Wildman–Crippen MR) is 83.9 cm³/mol. The molecule has 2 aromatic rings. The van der Waals surface area contributed by atoms with E-state index in [1.165, 1.54) is 19.4 Å². The normalized spacial score (nSPS) is 10.6. The number of carbonyl (C=O) groups is 1. The Morgan fingerprint density at radius 1 is 1.33 bits per heavy atom. The molecule has 6 heteroatoms. The van der Waals surface area contributed by atoms with Crippen LogP contribution in [0, 0.1) is 0 Å². The molecular formula is C15H13BrN2O3. The summed E-state index contributed by atoms with van der Waals surface area (Å²) in [5.74, 6) is 0.155. The Hall–Kier alpha value is -2.34. The van der Waals surface area contributed by atoms with E-state index < -0.39 is 5.91 Å². The summed E-state index contributed by atoms with van der Waals surface area (Å²) >= 11 is 3.30. The highest BCUT2D eigenvalue weighted by Gasteiger charge is 2.10. The number of hydrogen-bond acceptors (Lipinski definition) is 4. The van der Waals surface area contributed by atoms with Crippen molar-refractivity contribution in [2.75, 3.05) is 7.11 Å². The highest BCUT2D eigenvalue weighted by atomic mass is 79.9. The molecule has 0 aliphatic carbocycles. The smallest absolute Gasteiger partial charge is 0.275 e. The zero-order chi connectivity index (χ0) is 15.2. The van der Waals surface area contributed by atoms with Crippen molar-refractivity contribution in [1.29, 1.82) is 0 Å². The molecule has 0 aromatic heterocycles. The second-order valence-electron chi connectivity index (χ2n) is 4.10. The highest BCUT2D eigenvalue weighted by molar-refractivity contribution is 9.10. The van der Waals surface area contributed by atoms with E-state index in [-0.39, 0.29) is 5.75 Å². The average Bonchev–Trinajstić information content (AvgIpc) is 2.50. The fourth-order valence-electron chi connectivity index (χ4n) is 1.68. The number of methoxy groups -OCH3 is 1. The first-order valence-electron chi connectivity index (χ1n) is 6.06. The number of nitrogens with zero attached hydrogens (tertiary/aromatic N) is 1. The molecule has 21 heavy (non-hydrogen) atoms. The number of rotatable bonds is 4. The van der Waals surface area contributed by atoms with Gasteiger partial charge in [0.15, 0.2) is 0 Å². The molecule has 2 aromatic carbocycles. The standard InChI is InChI=1S/C15H13BrN2O3/c1-21-14-5-3-2-4-12(14)15(20)18-17-9-10-8-11(16)6-7-13(10)19/h2-9,19H,1H3,(H,18,20)/b17-9-. The van der Waals surface area contributed by atoms with Crippen molar-refractivity contribution in [2.24, 2.45) is 5.10 Å². The maximum Gasteiger partial charge on any atom is 0.275 e. The fraction of sp³-hybridized carbons (Fsp3) is 0.0667. The Morgan fingerprint density at radius 3 is 2.86 bits per heavy atom. The minimum Gasteiger partial charge on any atom is -0.507 e. The van der Waals surface area contributed by atoms with Gasteiger partial charge in [0.1, 0.15) is 11.5 Å².